The molecule has 10 heteroatoms. The first-order valence-electron chi connectivity index (χ1n) is 11.4. The minimum atomic E-state index is -3.44. The lowest BCUT2D eigenvalue weighted by atomic mass is 9.95. The number of nitrogens with one attached hydrogen (secondary N) is 1. The standard InChI is InChI=1S/C22H31N5O3S2/c1-2-27-21(17-10-12-19(13-11-17)32(29,30)26-14-6-7-15-26)24-25-22(27)31-16-20(28)23-18-8-4-3-5-9-18/h10-13,18H,2-9,14-16H2,1H3,(H,23,28). The Morgan fingerprint density at radius 2 is 1.75 bits per heavy atom. The molecule has 174 valence electrons. The average Bonchev–Trinajstić information content (AvgIpc) is 3.49. The summed E-state index contributed by atoms with van der Waals surface area (Å²) in [5, 5.41) is 12.4. The van der Waals surface area contributed by atoms with Gasteiger partial charge in [0.2, 0.25) is 15.9 Å². The molecule has 0 bridgehead atoms. The molecule has 1 aromatic carbocycles. The highest BCUT2D eigenvalue weighted by molar-refractivity contribution is 7.99. The lowest BCUT2D eigenvalue weighted by Gasteiger charge is -2.22. The van der Waals surface area contributed by atoms with Gasteiger partial charge in [-0.3, -0.25) is 4.79 Å². The lowest BCUT2D eigenvalue weighted by Crippen LogP contribution is -2.37. The maximum absolute atomic E-state index is 12.8. The molecule has 2 fully saturated rings. The first-order chi connectivity index (χ1) is 15.5. The molecule has 1 aromatic heterocycles. The van der Waals surface area contributed by atoms with Crippen molar-refractivity contribution >= 4 is 27.7 Å². The Morgan fingerprint density at radius 3 is 2.41 bits per heavy atom. The zero-order valence-electron chi connectivity index (χ0n) is 18.5. The molecule has 1 saturated heterocycles. The summed E-state index contributed by atoms with van der Waals surface area (Å²) in [7, 11) is -3.44. The fraction of sp³-hybridized carbons (Fsp3) is 0.591. The Hall–Kier alpha value is -1.91. The van der Waals surface area contributed by atoms with Crippen molar-refractivity contribution in [1.82, 2.24) is 24.4 Å². The molecule has 1 amide bonds. The van der Waals surface area contributed by atoms with Gasteiger partial charge in [0, 0.05) is 31.2 Å². The number of thioether (sulfide) groups is 1. The number of nitrogens with zero attached hydrogens (tertiary/aromatic N) is 4. The van der Waals surface area contributed by atoms with E-state index in [1.807, 2.05) is 11.5 Å². The number of amides is 1. The molecule has 4 rings (SSSR count). The van der Waals surface area contributed by atoms with E-state index in [4.69, 9.17) is 0 Å². The molecule has 32 heavy (non-hydrogen) atoms. The van der Waals surface area contributed by atoms with Crippen LogP contribution in [0.5, 0.6) is 0 Å². The van der Waals surface area contributed by atoms with Gasteiger partial charge in [0.25, 0.3) is 0 Å². The molecule has 2 aromatic rings. The molecule has 1 aliphatic heterocycles. The molecule has 8 nitrogen and oxygen atoms in total. The Labute approximate surface area is 194 Å². The Balaban J connectivity index is 1.42. The number of carbonyl (C=O) groups excluding carboxylic acids is 1. The number of hydrogen-bond acceptors (Lipinski definition) is 6. The van der Waals surface area contributed by atoms with E-state index >= 15 is 0 Å². The summed E-state index contributed by atoms with van der Waals surface area (Å²) in [6.45, 7) is 3.83. The first-order valence-corrected chi connectivity index (χ1v) is 13.9. The van der Waals surface area contributed by atoms with Crippen LogP contribution >= 0.6 is 11.8 Å². The number of carbonyl (C=O) groups is 1. The minimum Gasteiger partial charge on any atom is -0.353 e. The van der Waals surface area contributed by atoms with Gasteiger partial charge in [0.1, 0.15) is 0 Å². The van der Waals surface area contributed by atoms with E-state index in [0.717, 1.165) is 31.2 Å². The van der Waals surface area contributed by atoms with E-state index in [9.17, 15) is 13.2 Å². The minimum absolute atomic E-state index is 0.0329. The van der Waals surface area contributed by atoms with Crippen LogP contribution in [0.15, 0.2) is 34.3 Å². The Bertz CT molecular complexity index is 1020. The maximum Gasteiger partial charge on any atom is 0.243 e. The maximum atomic E-state index is 12.8. The molecule has 1 saturated carbocycles. The van der Waals surface area contributed by atoms with Crippen molar-refractivity contribution in [3.05, 3.63) is 24.3 Å². The number of sulfonamides is 1. The van der Waals surface area contributed by atoms with Gasteiger partial charge in [-0.1, -0.05) is 31.0 Å². The molecule has 0 radical (unpaired) electrons. The van der Waals surface area contributed by atoms with E-state index in [0.29, 0.717) is 47.3 Å². The highest BCUT2D eigenvalue weighted by Crippen LogP contribution is 2.27. The van der Waals surface area contributed by atoms with Gasteiger partial charge in [0.05, 0.1) is 10.6 Å². The van der Waals surface area contributed by atoms with Crippen LogP contribution in [0.3, 0.4) is 0 Å². The molecule has 2 heterocycles. The van der Waals surface area contributed by atoms with Crippen LogP contribution < -0.4 is 5.32 Å². The van der Waals surface area contributed by atoms with Crippen molar-refractivity contribution in [3.8, 4) is 11.4 Å². The van der Waals surface area contributed by atoms with Crippen LogP contribution in [0.1, 0.15) is 51.9 Å². The van der Waals surface area contributed by atoms with Crippen molar-refractivity contribution in [2.45, 2.75) is 74.5 Å². The van der Waals surface area contributed by atoms with Gasteiger partial charge < -0.3 is 9.88 Å². The SMILES string of the molecule is CCn1c(SCC(=O)NC2CCCCC2)nnc1-c1ccc(S(=O)(=O)N2CCCC2)cc1. The third-order valence-corrected chi connectivity index (χ3v) is 9.03. The summed E-state index contributed by atoms with van der Waals surface area (Å²) in [4.78, 5) is 12.7. The van der Waals surface area contributed by atoms with Crippen molar-refractivity contribution in [1.29, 1.82) is 0 Å². The first kappa shape index (κ1) is 23.3. The van der Waals surface area contributed by atoms with Crippen LogP contribution in [-0.4, -0.2) is 58.3 Å². The zero-order chi connectivity index (χ0) is 22.6. The monoisotopic (exact) mass is 477 g/mol. The highest BCUT2D eigenvalue weighted by atomic mass is 32.2. The fourth-order valence-corrected chi connectivity index (χ4v) is 6.72. The highest BCUT2D eigenvalue weighted by Gasteiger charge is 2.27. The molecular weight excluding hydrogens is 446 g/mol. The van der Waals surface area contributed by atoms with Crippen LogP contribution in [0.4, 0.5) is 0 Å². The summed E-state index contributed by atoms with van der Waals surface area (Å²) in [5.74, 6) is 1.01. The number of aromatic nitrogens is 3. The van der Waals surface area contributed by atoms with Gasteiger partial charge in [-0.15, -0.1) is 10.2 Å². The van der Waals surface area contributed by atoms with Crippen LogP contribution in [0, 0.1) is 0 Å². The Kier molecular flexibility index (Phi) is 7.52. The molecule has 0 atom stereocenters. The van der Waals surface area contributed by atoms with Gasteiger partial charge in [-0.2, -0.15) is 4.31 Å². The van der Waals surface area contributed by atoms with Crippen LogP contribution in [0.25, 0.3) is 11.4 Å². The third-order valence-electron chi connectivity index (χ3n) is 6.15. The summed E-state index contributed by atoms with van der Waals surface area (Å²) in [5.41, 5.74) is 0.804. The van der Waals surface area contributed by atoms with Crippen molar-refractivity contribution < 1.29 is 13.2 Å². The smallest absolute Gasteiger partial charge is 0.243 e. The van der Waals surface area contributed by atoms with Crippen molar-refractivity contribution in [2.24, 2.45) is 0 Å². The van der Waals surface area contributed by atoms with E-state index in [1.54, 1.807) is 28.6 Å². The van der Waals surface area contributed by atoms with Crippen molar-refractivity contribution in [2.75, 3.05) is 18.8 Å². The second-order valence-corrected chi connectivity index (χ2v) is 11.3. The third kappa shape index (κ3) is 5.18. The molecule has 2 aliphatic rings. The summed E-state index contributed by atoms with van der Waals surface area (Å²) in [6, 6.07) is 7.14. The van der Waals surface area contributed by atoms with E-state index in [1.165, 1.54) is 31.0 Å². The van der Waals surface area contributed by atoms with Gasteiger partial charge in [-0.05, 0) is 56.9 Å². The predicted octanol–water partition coefficient (Wildman–Crippen LogP) is 3.29. The second-order valence-electron chi connectivity index (χ2n) is 8.38. The zero-order valence-corrected chi connectivity index (χ0v) is 20.1. The molecular formula is C22H31N5O3S2. The molecule has 0 spiro atoms. The number of benzene rings is 1. The van der Waals surface area contributed by atoms with Gasteiger partial charge >= 0.3 is 0 Å². The quantitative estimate of drug-likeness (QED) is 0.586. The van der Waals surface area contributed by atoms with E-state index in [-0.39, 0.29) is 5.91 Å². The van der Waals surface area contributed by atoms with Crippen molar-refractivity contribution in [3.63, 3.8) is 0 Å². The van der Waals surface area contributed by atoms with E-state index < -0.39 is 10.0 Å². The molecule has 0 unspecified atom stereocenters. The normalized spacial score (nSPS) is 18.2. The summed E-state index contributed by atoms with van der Waals surface area (Å²) < 4.78 is 29.0. The molecule has 1 N–H and O–H groups in total. The number of hydrogen-bond donors (Lipinski definition) is 1. The average molecular weight is 478 g/mol. The fourth-order valence-electron chi connectivity index (χ4n) is 4.39. The topological polar surface area (TPSA) is 97.2 Å². The number of rotatable bonds is 8. The van der Waals surface area contributed by atoms with Gasteiger partial charge in [0.15, 0.2) is 11.0 Å². The lowest BCUT2D eigenvalue weighted by molar-refractivity contribution is -0.119. The predicted molar refractivity (Wildman–Crippen MR) is 125 cm³/mol. The summed E-state index contributed by atoms with van der Waals surface area (Å²) >= 11 is 1.38. The summed E-state index contributed by atoms with van der Waals surface area (Å²) in [6.07, 6.45) is 7.58. The van der Waals surface area contributed by atoms with Crippen LogP contribution in [-0.2, 0) is 21.4 Å². The Morgan fingerprint density at radius 1 is 1.06 bits per heavy atom. The van der Waals surface area contributed by atoms with Gasteiger partial charge in [-0.25, -0.2) is 8.42 Å². The second kappa shape index (κ2) is 10.4. The largest absolute Gasteiger partial charge is 0.353 e. The van der Waals surface area contributed by atoms with Crippen LogP contribution in [0.2, 0.25) is 0 Å². The van der Waals surface area contributed by atoms with E-state index in [2.05, 4.69) is 15.5 Å². The molecule has 1 aliphatic carbocycles.